The van der Waals surface area contributed by atoms with Crippen LogP contribution in [0.25, 0.3) is 0 Å². The number of methoxy groups -OCH3 is 1. The van der Waals surface area contributed by atoms with Crippen molar-refractivity contribution in [3.8, 4) is 0 Å². The Balaban J connectivity index is 0.000000371. The Morgan fingerprint density at radius 1 is 0.878 bits per heavy atom. The number of carbonyl (C=O) groups excluding carboxylic acids is 2. The molecule has 0 saturated heterocycles. The van der Waals surface area contributed by atoms with Gasteiger partial charge in [-0.3, -0.25) is 4.98 Å². The normalized spacial score (nSPS) is 10.3. The molecule has 4 aromatic rings. The Bertz CT molecular complexity index is 1580. The van der Waals surface area contributed by atoms with E-state index in [-0.39, 0.29) is 17.3 Å². The fourth-order valence-corrected chi connectivity index (χ4v) is 4.01. The van der Waals surface area contributed by atoms with E-state index in [0.29, 0.717) is 24.2 Å². The number of carboxylic acid groups (broad SMARTS) is 2. The van der Waals surface area contributed by atoms with Crippen LogP contribution in [-0.2, 0) is 34.7 Å². The predicted molar refractivity (Wildman–Crippen MR) is 175 cm³/mol. The second kappa shape index (κ2) is 22.7. The summed E-state index contributed by atoms with van der Waals surface area (Å²) >= 11 is 1.80. The fourth-order valence-electron chi connectivity index (χ4n) is 3.80. The third-order valence-corrected chi connectivity index (χ3v) is 6.38. The van der Waals surface area contributed by atoms with Crippen LogP contribution in [0.2, 0.25) is 0 Å². The molecule has 4 heterocycles. The van der Waals surface area contributed by atoms with Crippen molar-refractivity contribution in [2.24, 2.45) is 3.72 Å². The number of hydrogen-bond acceptors (Lipinski definition) is 12. The van der Waals surface area contributed by atoms with E-state index in [2.05, 4.69) is 46.3 Å². The third kappa shape index (κ3) is 16.1. The van der Waals surface area contributed by atoms with Gasteiger partial charge >= 0.3 is 138 Å². The molecule has 0 aliphatic rings. The van der Waals surface area contributed by atoms with Crippen molar-refractivity contribution in [1.29, 1.82) is 0 Å². The number of carboxylic acids is 2. The molecule has 1 unspecified atom stereocenters. The number of allylic oxidation sites excluding steroid dienone is 1. The zero-order valence-electron chi connectivity index (χ0n) is 26.5. The number of pyridine rings is 4. The number of ether oxygens (including phenoxy) is 1. The van der Waals surface area contributed by atoms with Crippen molar-refractivity contribution in [1.82, 2.24) is 30.6 Å². The zero-order chi connectivity index (χ0) is 35.9. The van der Waals surface area contributed by atoms with Crippen molar-refractivity contribution in [3.63, 3.8) is 0 Å². The summed E-state index contributed by atoms with van der Waals surface area (Å²) in [6, 6.07) is 15.9. The van der Waals surface area contributed by atoms with E-state index in [1.165, 1.54) is 37.8 Å². The van der Waals surface area contributed by atoms with Crippen LogP contribution in [0.5, 0.6) is 0 Å². The Morgan fingerprint density at radius 3 is 2.02 bits per heavy atom. The van der Waals surface area contributed by atoms with Crippen LogP contribution in [0.4, 0.5) is 5.82 Å². The van der Waals surface area contributed by atoms with E-state index in [9.17, 15) is 19.2 Å². The maximum absolute atomic E-state index is 12.5. The van der Waals surface area contributed by atoms with Crippen LogP contribution in [0.3, 0.4) is 0 Å². The molecule has 0 aromatic carbocycles. The van der Waals surface area contributed by atoms with Crippen LogP contribution in [-0.4, -0.2) is 73.7 Å². The molecular formula is C33H36N8O7Tc. The van der Waals surface area contributed by atoms with Crippen LogP contribution in [0.15, 0.2) is 108 Å². The van der Waals surface area contributed by atoms with E-state index < -0.39 is 23.9 Å². The van der Waals surface area contributed by atoms with Crippen LogP contribution >= 0.6 is 0 Å². The first kappa shape index (κ1) is 39.4. The molecule has 1 atom stereocenters. The van der Waals surface area contributed by atoms with E-state index in [4.69, 9.17) is 14.9 Å². The summed E-state index contributed by atoms with van der Waals surface area (Å²) in [5.74, 6) is -2.32. The number of aromatic nitrogens is 4. The third-order valence-electron chi connectivity index (χ3n) is 6.18. The maximum atomic E-state index is 12.5. The molecule has 0 fully saturated rings. The minimum absolute atomic E-state index is 0.0810. The van der Waals surface area contributed by atoms with Crippen molar-refractivity contribution < 1.29 is 52.8 Å². The average Bonchev–Trinajstić information content (AvgIpc) is 3.12. The molecule has 0 spiro atoms. The van der Waals surface area contributed by atoms with Gasteiger partial charge in [0.05, 0.1) is 0 Å². The number of nitrogens with one attached hydrogen (secondary N) is 3. The van der Waals surface area contributed by atoms with Crippen molar-refractivity contribution >= 4 is 29.6 Å². The molecule has 16 heteroatoms. The molecule has 0 saturated carbocycles. The predicted octanol–water partition coefficient (Wildman–Crippen LogP) is 3.88. The smallest absolute Gasteiger partial charge is 0.477 e. The minimum Gasteiger partial charge on any atom is -0.477 e. The Kier molecular flexibility index (Phi) is 18.3. The van der Waals surface area contributed by atoms with E-state index in [1.54, 1.807) is 61.3 Å². The molecule has 257 valence electrons. The van der Waals surface area contributed by atoms with E-state index in [0.717, 1.165) is 30.6 Å². The van der Waals surface area contributed by atoms with Crippen LogP contribution in [0, 0.1) is 0 Å². The molecule has 1 amide bonds. The number of esters is 1. The molecule has 0 aliphatic heterocycles. The van der Waals surface area contributed by atoms with Gasteiger partial charge in [0, 0.05) is 43.4 Å². The van der Waals surface area contributed by atoms with Gasteiger partial charge in [0.1, 0.15) is 11.4 Å². The van der Waals surface area contributed by atoms with Crippen molar-refractivity contribution in [2.75, 3.05) is 19.1 Å². The van der Waals surface area contributed by atoms with E-state index >= 15 is 0 Å². The molecule has 49 heavy (non-hydrogen) atoms. The standard InChI is InChI=1S/C21H26N6O3.2C6H5NO2.Tc/c1-15(12-16-6-5-10-23-13-16)24-11-4-3-7-18(21(29)30-2)26-20(28)17-8-9-19(27-22)25-14-17;2*8-6(9)5-3-1-2-4-7-5;/h5-6,8-10,13-14,18,24H,1,3-4,7,11-12H2,2H3,(H,25,27)(H,26,28);2*1-4H,(H,8,9);. The van der Waals surface area contributed by atoms with Gasteiger partial charge in [-0.15, -0.1) is 0 Å². The van der Waals surface area contributed by atoms with Crippen LogP contribution in [0.1, 0.15) is 56.2 Å². The summed E-state index contributed by atoms with van der Waals surface area (Å²) in [6.45, 7) is 4.75. The summed E-state index contributed by atoms with van der Waals surface area (Å²) in [5.41, 5.74) is 5.19. The average molecular weight is 755 g/mol. The summed E-state index contributed by atoms with van der Waals surface area (Å²) in [7, 11) is 1.31. The Morgan fingerprint density at radius 2 is 1.55 bits per heavy atom. The van der Waals surface area contributed by atoms with Gasteiger partial charge in [0.15, 0.2) is 0 Å². The first-order chi connectivity index (χ1) is 23.6. The van der Waals surface area contributed by atoms with Gasteiger partial charge < -0.3 is 15.5 Å². The zero-order valence-corrected chi connectivity index (χ0v) is 28.4. The second-order valence-electron chi connectivity index (χ2n) is 9.78. The molecule has 15 nitrogen and oxygen atoms in total. The molecule has 4 aromatic heterocycles. The molecule has 0 bridgehead atoms. The number of amides is 1. The first-order valence-corrected chi connectivity index (χ1v) is 15.5. The fraction of sp³-hybridized carbons (Fsp3) is 0.212. The van der Waals surface area contributed by atoms with Gasteiger partial charge in [-0.1, -0.05) is 24.8 Å². The van der Waals surface area contributed by atoms with Gasteiger partial charge in [0.25, 0.3) is 0 Å². The monoisotopic (exact) mass is 753 g/mol. The number of carbonyl (C=O) groups is 4. The molecular weight excluding hydrogens is 718 g/mol. The number of anilines is 1. The summed E-state index contributed by atoms with van der Waals surface area (Å²) in [5, 5.41) is 22.7. The number of nitrogens with zero attached hydrogens (tertiary/aromatic N) is 5. The second-order valence-corrected chi connectivity index (χ2v) is 10.2. The van der Waals surface area contributed by atoms with Crippen LogP contribution < -0.4 is 16.1 Å². The van der Waals surface area contributed by atoms with Crippen molar-refractivity contribution in [2.45, 2.75) is 31.7 Å². The molecule has 4 rings (SSSR count). The van der Waals surface area contributed by atoms with Gasteiger partial charge in [0.2, 0.25) is 0 Å². The van der Waals surface area contributed by atoms with Gasteiger partial charge in [-0.25, -0.2) is 19.6 Å². The van der Waals surface area contributed by atoms with Crippen molar-refractivity contribution in [3.05, 3.63) is 126 Å². The number of unbranched alkanes of at least 4 members (excludes halogenated alkanes) is 1. The molecule has 0 radical (unpaired) electrons. The SMILES string of the molecule is C=C(Cc1cccnc1)NCCCCC(NC(=O)c1ccc(N[N]=[Tc])nc1)C(=O)OC.O=C(O)c1ccccn1.O=C(O)c1ccccn1. The molecule has 0 aliphatic carbocycles. The Hall–Kier alpha value is -5.73. The number of aromatic carboxylic acids is 2. The summed E-state index contributed by atoms with van der Waals surface area (Å²) in [6.07, 6.45) is 10.6. The molecule has 5 N–H and O–H groups in total. The summed E-state index contributed by atoms with van der Waals surface area (Å²) < 4.78 is 8.56. The van der Waals surface area contributed by atoms with Gasteiger partial charge in [-0.2, -0.15) is 0 Å². The number of hydrogen-bond donors (Lipinski definition) is 5. The Labute approximate surface area is 293 Å². The van der Waals surface area contributed by atoms with E-state index in [1.807, 2.05) is 18.3 Å². The topological polar surface area (TPSA) is 218 Å². The first-order valence-electron chi connectivity index (χ1n) is 14.7. The number of rotatable bonds is 15. The quantitative estimate of drug-likeness (QED) is 0.0662. The minimum atomic E-state index is -0.990. The van der Waals surface area contributed by atoms with Gasteiger partial charge in [-0.05, 0) is 35.9 Å². The summed E-state index contributed by atoms with van der Waals surface area (Å²) in [4.78, 5) is 60.2.